The Morgan fingerprint density at radius 2 is 1.75 bits per heavy atom. The molecule has 0 bridgehead atoms. The molecular formula is C21H31IN4O2. The second-order valence-electron chi connectivity index (χ2n) is 7.08. The summed E-state index contributed by atoms with van der Waals surface area (Å²) in [4.78, 5) is 8.93. The Bertz CT molecular complexity index is 743. The van der Waals surface area contributed by atoms with Crippen LogP contribution in [-0.2, 0) is 6.54 Å². The number of nitrogens with one attached hydrogen (secondary N) is 2. The van der Waals surface area contributed by atoms with E-state index in [1.54, 1.807) is 6.20 Å². The maximum Gasteiger partial charge on any atom is 0.219 e. The van der Waals surface area contributed by atoms with E-state index >= 15 is 0 Å². The van der Waals surface area contributed by atoms with Crippen LogP contribution in [0, 0.1) is 0 Å². The summed E-state index contributed by atoms with van der Waals surface area (Å²) in [6.07, 6.45) is 1.73. The molecule has 2 aromatic rings. The molecule has 0 fully saturated rings. The topological polar surface area (TPSA) is 67.8 Å². The van der Waals surface area contributed by atoms with E-state index < -0.39 is 0 Å². The molecule has 0 unspecified atom stereocenters. The molecule has 1 aromatic heterocycles. The first-order valence-corrected chi connectivity index (χ1v) is 9.31. The molecule has 0 amide bonds. The summed E-state index contributed by atoms with van der Waals surface area (Å²) in [7, 11) is 0. The summed E-state index contributed by atoms with van der Waals surface area (Å²) >= 11 is 0. The highest BCUT2D eigenvalue weighted by Gasteiger charge is 2.11. The van der Waals surface area contributed by atoms with E-state index in [2.05, 4.69) is 48.3 Å². The minimum Gasteiger partial charge on any atom is -0.494 e. The SMILES string of the molecule is CCNC(=NCc1ccnc(Oc2ccc(OCC)cc2)c1)NC(C)(C)C.I. The van der Waals surface area contributed by atoms with Gasteiger partial charge in [-0.1, -0.05) is 0 Å². The van der Waals surface area contributed by atoms with Crippen LogP contribution in [0.4, 0.5) is 0 Å². The quantitative estimate of drug-likeness (QED) is 0.328. The van der Waals surface area contributed by atoms with Crippen LogP contribution in [0.2, 0.25) is 0 Å². The van der Waals surface area contributed by atoms with Crippen molar-refractivity contribution in [1.29, 1.82) is 0 Å². The van der Waals surface area contributed by atoms with Crippen LogP contribution < -0.4 is 20.1 Å². The molecule has 1 aromatic carbocycles. The zero-order chi connectivity index (χ0) is 19.7. The van der Waals surface area contributed by atoms with E-state index in [-0.39, 0.29) is 29.5 Å². The van der Waals surface area contributed by atoms with E-state index in [4.69, 9.17) is 9.47 Å². The summed E-state index contributed by atoms with van der Waals surface area (Å²) in [5, 5.41) is 6.64. The lowest BCUT2D eigenvalue weighted by molar-refractivity contribution is 0.339. The fourth-order valence-electron chi connectivity index (χ4n) is 2.33. The average molecular weight is 498 g/mol. The Labute approximate surface area is 185 Å². The molecule has 7 heteroatoms. The molecular weight excluding hydrogens is 467 g/mol. The molecule has 0 aliphatic carbocycles. The van der Waals surface area contributed by atoms with Crippen molar-refractivity contribution < 1.29 is 9.47 Å². The van der Waals surface area contributed by atoms with Crippen molar-refractivity contribution in [2.45, 2.75) is 46.7 Å². The predicted molar refractivity (Wildman–Crippen MR) is 125 cm³/mol. The summed E-state index contributed by atoms with van der Waals surface area (Å²) in [6.45, 7) is 12.3. The van der Waals surface area contributed by atoms with Gasteiger partial charge in [-0.05, 0) is 70.5 Å². The number of pyridine rings is 1. The first kappa shape index (κ1) is 24.0. The Kier molecular flexibility index (Phi) is 10.1. The van der Waals surface area contributed by atoms with Gasteiger partial charge in [-0.15, -0.1) is 24.0 Å². The monoisotopic (exact) mass is 498 g/mol. The van der Waals surface area contributed by atoms with Gasteiger partial charge in [0.25, 0.3) is 0 Å². The van der Waals surface area contributed by atoms with Crippen LogP contribution in [0.5, 0.6) is 17.4 Å². The van der Waals surface area contributed by atoms with Gasteiger partial charge in [0.15, 0.2) is 5.96 Å². The van der Waals surface area contributed by atoms with Gasteiger partial charge in [-0.2, -0.15) is 0 Å². The zero-order valence-electron chi connectivity index (χ0n) is 17.3. The van der Waals surface area contributed by atoms with Gasteiger partial charge in [0.05, 0.1) is 13.2 Å². The summed E-state index contributed by atoms with van der Waals surface area (Å²) in [5.41, 5.74) is 0.971. The number of aromatic nitrogens is 1. The second kappa shape index (κ2) is 11.7. The fourth-order valence-corrected chi connectivity index (χ4v) is 2.33. The van der Waals surface area contributed by atoms with Crippen LogP contribution in [0.25, 0.3) is 0 Å². The van der Waals surface area contributed by atoms with Crippen LogP contribution in [0.15, 0.2) is 47.6 Å². The van der Waals surface area contributed by atoms with E-state index in [1.807, 2.05) is 43.3 Å². The average Bonchev–Trinajstić information content (AvgIpc) is 2.61. The number of hydrogen-bond donors (Lipinski definition) is 2. The van der Waals surface area contributed by atoms with Gasteiger partial charge in [-0.25, -0.2) is 9.98 Å². The van der Waals surface area contributed by atoms with E-state index in [1.165, 1.54) is 0 Å². The van der Waals surface area contributed by atoms with Crippen molar-refractivity contribution in [2.24, 2.45) is 4.99 Å². The third kappa shape index (κ3) is 8.77. The lowest BCUT2D eigenvalue weighted by atomic mass is 10.1. The number of aliphatic imine (C=N–C) groups is 1. The molecule has 0 saturated heterocycles. The summed E-state index contributed by atoms with van der Waals surface area (Å²) in [6, 6.07) is 11.3. The summed E-state index contributed by atoms with van der Waals surface area (Å²) in [5.74, 6) is 2.87. The molecule has 0 spiro atoms. The molecule has 2 N–H and O–H groups in total. The predicted octanol–water partition coefficient (Wildman–Crippen LogP) is 4.74. The molecule has 0 atom stereocenters. The molecule has 0 aliphatic heterocycles. The first-order valence-electron chi connectivity index (χ1n) is 9.31. The number of rotatable bonds is 7. The number of nitrogens with zero attached hydrogens (tertiary/aromatic N) is 2. The molecule has 6 nitrogen and oxygen atoms in total. The van der Waals surface area contributed by atoms with Crippen molar-refractivity contribution in [3.63, 3.8) is 0 Å². The van der Waals surface area contributed by atoms with Gasteiger partial charge in [-0.3, -0.25) is 0 Å². The Morgan fingerprint density at radius 1 is 1.07 bits per heavy atom. The number of guanidine groups is 1. The summed E-state index contributed by atoms with van der Waals surface area (Å²) < 4.78 is 11.3. The van der Waals surface area contributed by atoms with Crippen LogP contribution in [-0.4, -0.2) is 29.6 Å². The number of halogens is 1. The minimum absolute atomic E-state index is 0. The molecule has 0 aliphatic rings. The molecule has 1 heterocycles. The maximum atomic E-state index is 5.84. The van der Waals surface area contributed by atoms with Crippen LogP contribution >= 0.6 is 24.0 Å². The Morgan fingerprint density at radius 3 is 2.36 bits per heavy atom. The highest BCUT2D eigenvalue weighted by Crippen LogP contribution is 2.23. The van der Waals surface area contributed by atoms with Gasteiger partial charge < -0.3 is 20.1 Å². The smallest absolute Gasteiger partial charge is 0.219 e. The van der Waals surface area contributed by atoms with Crippen LogP contribution in [0.1, 0.15) is 40.2 Å². The van der Waals surface area contributed by atoms with Gasteiger partial charge in [0.1, 0.15) is 11.5 Å². The molecule has 0 saturated carbocycles. The van der Waals surface area contributed by atoms with Gasteiger partial charge in [0, 0.05) is 24.3 Å². The standard InChI is InChI=1S/C21H30N4O2.HI/c1-6-22-20(25-21(3,4)5)24-15-16-12-13-23-19(14-16)27-18-10-8-17(9-11-18)26-7-2;/h8-14H,6-7,15H2,1-5H3,(H2,22,24,25);1H. The first-order chi connectivity index (χ1) is 12.9. The van der Waals surface area contributed by atoms with Crippen molar-refractivity contribution >= 4 is 29.9 Å². The normalized spacial score (nSPS) is 11.4. The second-order valence-corrected chi connectivity index (χ2v) is 7.08. The van der Waals surface area contributed by atoms with Crippen molar-refractivity contribution in [3.05, 3.63) is 48.2 Å². The number of ether oxygens (including phenoxy) is 2. The molecule has 0 radical (unpaired) electrons. The highest BCUT2D eigenvalue weighted by atomic mass is 127. The Hall–Kier alpha value is -2.03. The van der Waals surface area contributed by atoms with Crippen LogP contribution in [0.3, 0.4) is 0 Å². The lowest BCUT2D eigenvalue weighted by Crippen LogP contribution is -2.47. The van der Waals surface area contributed by atoms with Crippen molar-refractivity contribution in [2.75, 3.05) is 13.2 Å². The third-order valence-corrected chi connectivity index (χ3v) is 3.41. The van der Waals surface area contributed by atoms with Crippen molar-refractivity contribution in [3.8, 4) is 17.4 Å². The van der Waals surface area contributed by atoms with E-state index in [0.717, 1.165) is 23.8 Å². The van der Waals surface area contributed by atoms with Gasteiger partial charge >= 0.3 is 0 Å². The van der Waals surface area contributed by atoms with E-state index in [0.29, 0.717) is 24.8 Å². The van der Waals surface area contributed by atoms with E-state index in [9.17, 15) is 0 Å². The molecule has 2 rings (SSSR count). The minimum atomic E-state index is -0.0544. The Balaban J connectivity index is 0.00000392. The number of benzene rings is 1. The van der Waals surface area contributed by atoms with Gasteiger partial charge in [0.2, 0.25) is 5.88 Å². The third-order valence-electron chi connectivity index (χ3n) is 3.41. The fraction of sp³-hybridized carbons (Fsp3) is 0.429. The maximum absolute atomic E-state index is 5.84. The molecule has 28 heavy (non-hydrogen) atoms. The zero-order valence-corrected chi connectivity index (χ0v) is 19.6. The number of hydrogen-bond acceptors (Lipinski definition) is 4. The van der Waals surface area contributed by atoms with Crippen molar-refractivity contribution in [1.82, 2.24) is 15.6 Å². The lowest BCUT2D eigenvalue weighted by Gasteiger charge is -2.23. The highest BCUT2D eigenvalue weighted by molar-refractivity contribution is 14.0. The largest absolute Gasteiger partial charge is 0.494 e. The molecule has 154 valence electrons.